The third-order valence-corrected chi connectivity index (χ3v) is 4.77. The lowest BCUT2D eigenvalue weighted by Crippen LogP contribution is -1.94. The lowest BCUT2D eigenvalue weighted by Gasteiger charge is -2.14. The van der Waals surface area contributed by atoms with Gasteiger partial charge in [0.05, 0.1) is 5.03 Å². The SMILES string of the molecule is CSc1ccc(-c2cc(C)c(-c3ccc(N)cc3F)cc2C)cn1. The van der Waals surface area contributed by atoms with Crippen LogP contribution in [0.5, 0.6) is 0 Å². The number of halogens is 1. The third kappa shape index (κ3) is 3.15. The number of nitrogens with zero attached hydrogens (tertiary/aromatic N) is 1. The van der Waals surface area contributed by atoms with Gasteiger partial charge >= 0.3 is 0 Å². The molecule has 2 N–H and O–H groups in total. The van der Waals surface area contributed by atoms with Crippen molar-refractivity contribution in [2.45, 2.75) is 18.9 Å². The van der Waals surface area contributed by atoms with Crippen LogP contribution < -0.4 is 5.73 Å². The molecule has 3 aromatic rings. The van der Waals surface area contributed by atoms with E-state index >= 15 is 0 Å². The van der Waals surface area contributed by atoms with Gasteiger partial charge < -0.3 is 5.73 Å². The fourth-order valence-corrected chi connectivity index (χ4v) is 3.19. The highest BCUT2D eigenvalue weighted by atomic mass is 32.2. The maximum atomic E-state index is 14.3. The highest BCUT2D eigenvalue weighted by molar-refractivity contribution is 7.98. The number of aromatic nitrogens is 1. The van der Waals surface area contributed by atoms with Crippen LogP contribution >= 0.6 is 11.8 Å². The van der Waals surface area contributed by atoms with Crippen LogP contribution in [0.15, 0.2) is 53.7 Å². The van der Waals surface area contributed by atoms with Crippen LogP contribution in [-0.4, -0.2) is 11.2 Å². The molecule has 0 aliphatic carbocycles. The third-order valence-electron chi connectivity index (χ3n) is 4.11. The van der Waals surface area contributed by atoms with E-state index in [9.17, 15) is 4.39 Å². The van der Waals surface area contributed by atoms with Gasteiger partial charge in [-0.05, 0) is 66.6 Å². The molecule has 3 rings (SSSR count). The molecule has 0 aliphatic heterocycles. The molecule has 0 amide bonds. The van der Waals surface area contributed by atoms with Gasteiger partial charge in [0.25, 0.3) is 0 Å². The average Bonchev–Trinajstić information content (AvgIpc) is 2.57. The van der Waals surface area contributed by atoms with E-state index < -0.39 is 0 Å². The van der Waals surface area contributed by atoms with E-state index in [1.165, 1.54) is 6.07 Å². The van der Waals surface area contributed by atoms with Crippen molar-refractivity contribution in [2.24, 2.45) is 0 Å². The zero-order valence-corrected chi connectivity index (χ0v) is 14.7. The van der Waals surface area contributed by atoms with Gasteiger partial charge in [0.15, 0.2) is 0 Å². The molecule has 0 atom stereocenters. The second kappa shape index (κ2) is 6.65. The summed E-state index contributed by atoms with van der Waals surface area (Å²) in [6, 6.07) is 13.0. The maximum Gasteiger partial charge on any atom is 0.133 e. The lowest BCUT2D eigenvalue weighted by molar-refractivity contribution is 0.632. The first kappa shape index (κ1) is 16.5. The summed E-state index contributed by atoms with van der Waals surface area (Å²) in [6.07, 6.45) is 3.89. The maximum absolute atomic E-state index is 14.3. The van der Waals surface area contributed by atoms with Crippen molar-refractivity contribution in [1.82, 2.24) is 4.98 Å². The predicted octanol–water partition coefficient (Wildman–Crippen LogP) is 5.48. The lowest BCUT2D eigenvalue weighted by atomic mass is 9.92. The van der Waals surface area contributed by atoms with Gasteiger partial charge in [0, 0.05) is 23.0 Å². The molecule has 0 bridgehead atoms. The van der Waals surface area contributed by atoms with Crippen LogP contribution in [0.2, 0.25) is 0 Å². The number of nitrogen functional groups attached to an aromatic ring is 1. The van der Waals surface area contributed by atoms with E-state index in [1.54, 1.807) is 23.9 Å². The van der Waals surface area contributed by atoms with Crippen molar-refractivity contribution in [3.63, 3.8) is 0 Å². The highest BCUT2D eigenvalue weighted by Crippen LogP contribution is 2.33. The first-order valence-corrected chi connectivity index (χ1v) is 8.89. The van der Waals surface area contributed by atoms with Gasteiger partial charge in [-0.3, -0.25) is 0 Å². The smallest absolute Gasteiger partial charge is 0.133 e. The molecule has 2 aromatic carbocycles. The van der Waals surface area contributed by atoms with E-state index in [0.717, 1.165) is 32.8 Å². The predicted molar refractivity (Wildman–Crippen MR) is 101 cm³/mol. The normalized spacial score (nSPS) is 10.8. The van der Waals surface area contributed by atoms with Crippen LogP contribution in [0.1, 0.15) is 11.1 Å². The second-order valence-corrected chi connectivity index (χ2v) is 6.64. The Balaban J connectivity index is 2.08. The molecule has 122 valence electrons. The van der Waals surface area contributed by atoms with Crippen LogP contribution in [0.3, 0.4) is 0 Å². The Morgan fingerprint density at radius 2 is 1.62 bits per heavy atom. The van der Waals surface area contributed by atoms with Crippen LogP contribution in [0.25, 0.3) is 22.3 Å². The van der Waals surface area contributed by atoms with Gasteiger partial charge in [-0.15, -0.1) is 11.8 Å². The second-order valence-electron chi connectivity index (χ2n) is 5.81. The first-order valence-electron chi connectivity index (χ1n) is 7.66. The molecule has 0 radical (unpaired) electrons. The molecule has 0 unspecified atom stereocenters. The zero-order valence-electron chi connectivity index (χ0n) is 13.9. The summed E-state index contributed by atoms with van der Waals surface area (Å²) in [5.74, 6) is -0.295. The summed E-state index contributed by atoms with van der Waals surface area (Å²) < 4.78 is 14.3. The molecule has 2 nitrogen and oxygen atoms in total. The first-order chi connectivity index (χ1) is 11.5. The minimum absolute atomic E-state index is 0.295. The molecule has 0 fully saturated rings. The number of nitrogens with two attached hydrogens (primary N) is 1. The highest BCUT2D eigenvalue weighted by Gasteiger charge is 2.12. The van der Waals surface area contributed by atoms with E-state index in [-0.39, 0.29) is 5.82 Å². The molecule has 0 spiro atoms. The summed E-state index contributed by atoms with van der Waals surface area (Å²) in [5.41, 5.74) is 11.8. The van der Waals surface area contributed by atoms with E-state index in [0.29, 0.717) is 11.3 Å². The molecule has 1 heterocycles. The Morgan fingerprint density at radius 1 is 0.917 bits per heavy atom. The Bertz CT molecular complexity index is 889. The van der Waals surface area contributed by atoms with E-state index in [4.69, 9.17) is 5.73 Å². The van der Waals surface area contributed by atoms with Crippen molar-refractivity contribution >= 4 is 17.4 Å². The summed E-state index contributed by atoms with van der Waals surface area (Å²) in [5, 5.41) is 0.994. The zero-order chi connectivity index (χ0) is 17.3. The van der Waals surface area contributed by atoms with E-state index in [1.807, 2.05) is 38.4 Å². The molecule has 0 aliphatic rings. The summed E-state index contributed by atoms with van der Waals surface area (Å²) in [7, 11) is 0. The minimum Gasteiger partial charge on any atom is -0.399 e. The molecule has 24 heavy (non-hydrogen) atoms. The average molecular weight is 338 g/mol. The molecule has 4 heteroatoms. The quantitative estimate of drug-likeness (QED) is 0.508. The van der Waals surface area contributed by atoms with Crippen molar-refractivity contribution < 1.29 is 4.39 Å². The largest absolute Gasteiger partial charge is 0.399 e. The Morgan fingerprint density at radius 3 is 2.25 bits per heavy atom. The molecule has 0 saturated carbocycles. The van der Waals surface area contributed by atoms with Gasteiger partial charge in [-0.25, -0.2) is 9.37 Å². The summed E-state index contributed by atoms with van der Waals surface area (Å²) in [6.45, 7) is 4.04. The fourth-order valence-electron chi connectivity index (χ4n) is 2.83. The molecular weight excluding hydrogens is 319 g/mol. The van der Waals surface area contributed by atoms with Crippen molar-refractivity contribution in [3.05, 3.63) is 65.6 Å². The summed E-state index contributed by atoms with van der Waals surface area (Å²) in [4.78, 5) is 4.44. The number of hydrogen-bond donors (Lipinski definition) is 1. The van der Waals surface area contributed by atoms with Gasteiger partial charge in [-0.1, -0.05) is 18.2 Å². The van der Waals surface area contributed by atoms with Crippen molar-refractivity contribution in [3.8, 4) is 22.3 Å². The van der Waals surface area contributed by atoms with Gasteiger partial charge in [0.2, 0.25) is 0 Å². The number of pyridine rings is 1. The molecule has 1 aromatic heterocycles. The Kier molecular flexibility index (Phi) is 4.58. The monoisotopic (exact) mass is 338 g/mol. The Hall–Kier alpha value is -2.33. The fraction of sp³-hybridized carbons (Fsp3) is 0.150. The summed E-state index contributed by atoms with van der Waals surface area (Å²) >= 11 is 1.62. The van der Waals surface area contributed by atoms with Gasteiger partial charge in [-0.2, -0.15) is 0 Å². The molecule has 0 saturated heterocycles. The topological polar surface area (TPSA) is 38.9 Å². The van der Waals surface area contributed by atoms with Crippen LogP contribution in [0.4, 0.5) is 10.1 Å². The molecular formula is C20H19FN2S. The van der Waals surface area contributed by atoms with Gasteiger partial charge in [0.1, 0.15) is 5.82 Å². The number of aryl methyl sites for hydroxylation is 2. The van der Waals surface area contributed by atoms with Crippen molar-refractivity contribution in [2.75, 3.05) is 12.0 Å². The van der Waals surface area contributed by atoms with Crippen LogP contribution in [-0.2, 0) is 0 Å². The van der Waals surface area contributed by atoms with Crippen molar-refractivity contribution in [1.29, 1.82) is 0 Å². The number of anilines is 1. The number of benzene rings is 2. The standard InChI is InChI=1S/C20H19FN2S/c1-12-9-18(16-6-5-15(22)10-19(16)21)13(2)8-17(12)14-4-7-20(24-3)23-11-14/h4-11H,22H2,1-3H3. The van der Waals surface area contributed by atoms with E-state index in [2.05, 4.69) is 17.1 Å². The van der Waals surface area contributed by atoms with Crippen LogP contribution in [0, 0.1) is 19.7 Å². The number of hydrogen-bond acceptors (Lipinski definition) is 3. The Labute approximate surface area is 145 Å². The number of rotatable bonds is 3. The number of thioether (sulfide) groups is 1. The minimum atomic E-state index is -0.295.